The molecule has 4 aliphatic carbocycles. The van der Waals surface area contributed by atoms with Crippen LogP contribution in [0.5, 0.6) is 11.5 Å². The molecule has 8 atom stereocenters. The Morgan fingerprint density at radius 2 is 1.47 bits per heavy atom. The highest BCUT2D eigenvalue weighted by Gasteiger charge is 2.59. The Bertz CT molecular complexity index is 2020. The number of benzene rings is 3. The summed E-state index contributed by atoms with van der Waals surface area (Å²) < 4.78 is 17.9. The van der Waals surface area contributed by atoms with Crippen LogP contribution in [0.3, 0.4) is 0 Å². The van der Waals surface area contributed by atoms with Crippen molar-refractivity contribution in [3.63, 3.8) is 0 Å². The number of allylic oxidation sites excluding steroid dienone is 2. The predicted molar refractivity (Wildman–Crippen MR) is 253 cm³/mol. The number of ketones is 1. The van der Waals surface area contributed by atoms with Crippen molar-refractivity contribution in [2.45, 2.75) is 137 Å². The molecule has 0 heterocycles. The van der Waals surface area contributed by atoms with Crippen molar-refractivity contribution in [1.82, 2.24) is 0 Å². The van der Waals surface area contributed by atoms with Gasteiger partial charge in [-0.3, -0.25) is 4.79 Å². The minimum Gasteiger partial charge on any atom is -0.494 e. The number of anilines is 2. The van der Waals surface area contributed by atoms with Crippen LogP contribution in [0.1, 0.15) is 157 Å². The number of hydrogen-bond acceptors (Lipinski definition) is 7. The van der Waals surface area contributed by atoms with Gasteiger partial charge in [-0.1, -0.05) is 83.7 Å². The minimum atomic E-state index is -0.416. The normalized spacial score (nSPS) is 27.2. The number of hydrogen-bond donors (Lipinski definition) is 2. The molecule has 4 aliphatic rings. The van der Waals surface area contributed by atoms with Crippen LogP contribution in [0, 0.1) is 46.3 Å². The zero-order valence-corrected chi connectivity index (χ0v) is 38.3. The largest absolute Gasteiger partial charge is 0.494 e. The molecule has 3 aromatic rings. The summed E-state index contributed by atoms with van der Waals surface area (Å²) in [6, 6.07) is 20.2. The molecular formula is C55H74N2O5. The van der Waals surface area contributed by atoms with E-state index in [-0.39, 0.29) is 11.9 Å². The first kappa shape index (κ1) is 45.5. The van der Waals surface area contributed by atoms with Crippen LogP contribution in [0.15, 0.2) is 84.5 Å². The van der Waals surface area contributed by atoms with Gasteiger partial charge in [0.05, 0.1) is 18.8 Å². The van der Waals surface area contributed by atoms with E-state index in [0.29, 0.717) is 46.5 Å². The van der Waals surface area contributed by atoms with E-state index in [4.69, 9.17) is 25.7 Å². The number of nitrogen functional groups attached to an aromatic ring is 2. The molecule has 62 heavy (non-hydrogen) atoms. The van der Waals surface area contributed by atoms with E-state index >= 15 is 0 Å². The van der Waals surface area contributed by atoms with Crippen molar-refractivity contribution in [2.24, 2.45) is 46.3 Å². The number of nitrogens with two attached hydrogens (primary N) is 2. The molecule has 334 valence electrons. The fraction of sp³-hybridized carbons (Fsp3) is 0.564. The number of fused-ring (bicyclic) bond motifs is 5. The summed E-state index contributed by atoms with van der Waals surface area (Å²) >= 11 is 0. The Balaban J connectivity index is 0.811. The van der Waals surface area contributed by atoms with Crippen LogP contribution >= 0.6 is 0 Å². The fourth-order valence-corrected chi connectivity index (χ4v) is 12.4. The molecule has 3 saturated carbocycles. The third kappa shape index (κ3) is 10.8. The Kier molecular flexibility index (Phi) is 14.9. The van der Waals surface area contributed by atoms with E-state index < -0.39 is 5.97 Å². The smallest absolute Gasteiger partial charge is 0.338 e. The highest BCUT2D eigenvalue weighted by Crippen LogP contribution is 2.67. The average Bonchev–Trinajstić information content (AvgIpc) is 3.61. The lowest BCUT2D eigenvalue weighted by atomic mass is 9.47. The van der Waals surface area contributed by atoms with Crippen molar-refractivity contribution in [2.75, 3.05) is 24.7 Å². The lowest BCUT2D eigenvalue weighted by molar-refractivity contribution is -0.0559. The van der Waals surface area contributed by atoms with Crippen LogP contribution in [0.2, 0.25) is 0 Å². The van der Waals surface area contributed by atoms with E-state index in [1.165, 1.54) is 57.8 Å². The van der Waals surface area contributed by atoms with Crippen LogP contribution in [0.4, 0.5) is 11.4 Å². The van der Waals surface area contributed by atoms with E-state index in [1.54, 1.807) is 29.8 Å². The Morgan fingerprint density at radius 1 is 0.758 bits per heavy atom. The number of ether oxygens (including phenoxy) is 3. The minimum absolute atomic E-state index is 0.0490. The van der Waals surface area contributed by atoms with E-state index in [0.717, 1.165) is 91.1 Å². The van der Waals surface area contributed by atoms with Gasteiger partial charge in [0.1, 0.15) is 17.6 Å². The number of unbranched alkanes of at least 4 members (excludes halogenated alkanes) is 3. The van der Waals surface area contributed by atoms with Crippen LogP contribution < -0.4 is 20.9 Å². The second kappa shape index (κ2) is 20.3. The Labute approximate surface area is 372 Å². The molecule has 7 rings (SSSR count). The van der Waals surface area contributed by atoms with E-state index in [1.807, 2.05) is 54.6 Å². The quantitative estimate of drug-likeness (QED) is 0.0308. The maximum atomic E-state index is 13.0. The first-order valence-corrected chi connectivity index (χ1v) is 24.1. The highest BCUT2D eigenvalue weighted by atomic mass is 16.5. The molecular weight excluding hydrogens is 769 g/mol. The lowest BCUT2D eigenvalue weighted by Gasteiger charge is -2.58. The second-order valence-corrected chi connectivity index (χ2v) is 20.4. The molecule has 0 saturated heterocycles. The number of carbonyl (C=O) groups excluding carboxylic acids is 2. The molecule has 0 aromatic heterocycles. The number of esters is 1. The number of rotatable bonds is 19. The van der Waals surface area contributed by atoms with Gasteiger partial charge in [-0.05, 0) is 183 Å². The van der Waals surface area contributed by atoms with Crippen molar-refractivity contribution >= 4 is 29.2 Å². The molecule has 0 radical (unpaired) electrons. The number of carbonyl (C=O) groups is 2. The van der Waals surface area contributed by atoms with Crippen molar-refractivity contribution in [3.8, 4) is 11.5 Å². The van der Waals surface area contributed by atoms with Gasteiger partial charge in [0.15, 0.2) is 5.78 Å². The lowest BCUT2D eigenvalue weighted by Crippen LogP contribution is -2.51. The molecule has 0 spiro atoms. The SMILES string of the molecule is CC(C)CCC[C@@H](C)[C@H]1CCC2C3CC=C4CC(Oc5ccc(C=CC(=O)c6ccc(OCCCCCCOC(=O)c7cc(N)cc(N)c7)cc6)cc5)CC[C@]4(C)C3CC[C@@]21C. The fourth-order valence-electron chi connectivity index (χ4n) is 12.4. The van der Waals surface area contributed by atoms with Gasteiger partial charge < -0.3 is 25.7 Å². The topological polar surface area (TPSA) is 114 Å². The van der Waals surface area contributed by atoms with Gasteiger partial charge in [0.2, 0.25) is 0 Å². The molecule has 0 bridgehead atoms. The zero-order valence-electron chi connectivity index (χ0n) is 38.3. The van der Waals surface area contributed by atoms with Gasteiger partial charge in [0.25, 0.3) is 0 Å². The molecule has 7 heteroatoms. The van der Waals surface area contributed by atoms with E-state index in [2.05, 4.69) is 40.7 Å². The molecule has 7 nitrogen and oxygen atoms in total. The molecule has 4 unspecified atom stereocenters. The molecule has 3 fully saturated rings. The van der Waals surface area contributed by atoms with Crippen LogP contribution in [0.25, 0.3) is 6.08 Å². The van der Waals surface area contributed by atoms with Gasteiger partial charge in [-0.15, -0.1) is 0 Å². The van der Waals surface area contributed by atoms with Crippen molar-refractivity contribution in [1.29, 1.82) is 0 Å². The Morgan fingerprint density at radius 3 is 2.19 bits per heavy atom. The summed E-state index contributed by atoms with van der Waals surface area (Å²) in [6.45, 7) is 13.5. The zero-order chi connectivity index (χ0) is 43.9. The maximum Gasteiger partial charge on any atom is 0.338 e. The van der Waals surface area contributed by atoms with Crippen molar-refractivity contribution in [3.05, 3.63) is 101 Å². The molecule has 3 aromatic carbocycles. The summed E-state index contributed by atoms with van der Waals surface area (Å²) in [4.78, 5) is 25.2. The van der Waals surface area contributed by atoms with Crippen LogP contribution in [-0.2, 0) is 4.74 Å². The van der Waals surface area contributed by atoms with Gasteiger partial charge >= 0.3 is 5.97 Å². The summed E-state index contributed by atoms with van der Waals surface area (Å²) in [5.74, 6) is 6.31. The average molecular weight is 843 g/mol. The van der Waals surface area contributed by atoms with Gasteiger partial charge in [0, 0.05) is 23.4 Å². The van der Waals surface area contributed by atoms with Gasteiger partial charge in [-0.2, -0.15) is 0 Å². The summed E-state index contributed by atoms with van der Waals surface area (Å²) in [5, 5.41) is 0. The predicted octanol–water partition coefficient (Wildman–Crippen LogP) is 13.3. The highest BCUT2D eigenvalue weighted by molar-refractivity contribution is 6.06. The maximum absolute atomic E-state index is 13.0. The Hall–Kier alpha value is -4.52. The molecule has 0 aliphatic heterocycles. The first-order chi connectivity index (χ1) is 29.8. The van der Waals surface area contributed by atoms with Crippen LogP contribution in [-0.4, -0.2) is 31.1 Å². The third-order valence-electron chi connectivity index (χ3n) is 15.8. The molecule has 4 N–H and O–H groups in total. The molecule has 0 amide bonds. The van der Waals surface area contributed by atoms with E-state index in [9.17, 15) is 9.59 Å². The third-order valence-corrected chi connectivity index (χ3v) is 15.8. The monoisotopic (exact) mass is 843 g/mol. The second-order valence-electron chi connectivity index (χ2n) is 20.4. The van der Waals surface area contributed by atoms with Gasteiger partial charge in [-0.25, -0.2) is 4.79 Å². The first-order valence-electron chi connectivity index (χ1n) is 24.1. The van der Waals surface area contributed by atoms with Crippen molar-refractivity contribution < 1.29 is 23.8 Å². The summed E-state index contributed by atoms with van der Waals surface area (Å²) in [7, 11) is 0. The summed E-state index contributed by atoms with van der Waals surface area (Å²) in [6.07, 6.45) is 24.5. The standard InChI is InChI=1S/C55H74N2O5/c1-37(2)11-10-12-38(3)49-24-25-50-48-23-18-42-35-47(27-29-54(42,4)51(48)28-30-55(49,50)5)62-46-19-13-39(14-20-46)15-26-52(58)40-16-21-45(22-17-40)60-31-8-6-7-9-32-61-53(59)41-33-43(56)36-44(57)34-41/h13-22,26,33-34,36-38,47-51H,6-12,23-25,27-32,35,56-57H2,1-5H3/t38-,47?,48?,49-,50?,51?,54+,55-/m1/s1. The summed E-state index contributed by atoms with van der Waals surface area (Å²) in [5.41, 5.74) is 16.9.